The normalized spacial score (nSPS) is 18.0. The second-order valence-corrected chi connectivity index (χ2v) is 8.17. The van der Waals surface area contributed by atoms with Crippen molar-refractivity contribution in [1.82, 2.24) is 9.97 Å². The average molecular weight is 364 g/mol. The lowest BCUT2D eigenvalue weighted by atomic mass is 9.84. The zero-order valence-corrected chi connectivity index (χ0v) is 14.3. The highest BCUT2D eigenvalue weighted by Gasteiger charge is 2.21. The van der Waals surface area contributed by atoms with E-state index in [1.54, 1.807) is 0 Å². The Balaban J connectivity index is 1.86. The monoisotopic (exact) mass is 364 g/mol. The topological polar surface area (TPSA) is 99.9 Å². The Labute approximate surface area is 143 Å². The van der Waals surface area contributed by atoms with Crippen LogP contribution in [0, 0.1) is 5.82 Å². The Hall–Kier alpha value is -2.48. The highest BCUT2D eigenvalue weighted by Crippen LogP contribution is 2.35. The number of rotatable bonds is 3. The molecule has 0 aliphatic heterocycles. The van der Waals surface area contributed by atoms with Gasteiger partial charge in [-0.05, 0) is 37.0 Å². The number of benzene rings is 1. The Kier molecular flexibility index (Phi) is 4.47. The molecule has 0 saturated heterocycles. The summed E-state index contributed by atoms with van der Waals surface area (Å²) in [6.45, 7) is 0. The van der Waals surface area contributed by atoms with Crippen LogP contribution in [0.15, 0.2) is 44.8 Å². The van der Waals surface area contributed by atoms with Crippen LogP contribution in [0.4, 0.5) is 4.39 Å². The minimum Gasteiger partial charge on any atom is -0.311 e. The van der Waals surface area contributed by atoms with Gasteiger partial charge in [0.15, 0.2) is 9.84 Å². The summed E-state index contributed by atoms with van der Waals surface area (Å²) < 4.78 is 37.3. The Morgan fingerprint density at radius 1 is 1.16 bits per heavy atom. The molecule has 8 heteroatoms. The van der Waals surface area contributed by atoms with E-state index in [9.17, 15) is 22.4 Å². The molecule has 1 aromatic heterocycles. The number of allylic oxidation sites excluding steroid dienone is 2. The van der Waals surface area contributed by atoms with E-state index in [1.165, 1.54) is 18.2 Å². The van der Waals surface area contributed by atoms with Crippen molar-refractivity contribution in [3.8, 4) is 0 Å². The molecule has 0 bridgehead atoms. The third-order valence-corrected chi connectivity index (χ3v) is 5.46. The molecule has 1 aliphatic rings. The fraction of sp³-hybridized carbons (Fsp3) is 0.294. The molecule has 1 heterocycles. The van der Waals surface area contributed by atoms with E-state index in [-0.39, 0.29) is 10.8 Å². The van der Waals surface area contributed by atoms with Crippen LogP contribution in [-0.2, 0) is 9.84 Å². The molecule has 2 aromatic rings. The maximum atomic E-state index is 14.3. The predicted molar refractivity (Wildman–Crippen MR) is 91.8 cm³/mol. The van der Waals surface area contributed by atoms with E-state index < -0.39 is 26.9 Å². The lowest BCUT2D eigenvalue weighted by Crippen LogP contribution is -2.24. The van der Waals surface area contributed by atoms with Crippen LogP contribution in [-0.4, -0.2) is 24.6 Å². The van der Waals surface area contributed by atoms with Crippen molar-refractivity contribution < 1.29 is 12.8 Å². The van der Waals surface area contributed by atoms with Gasteiger partial charge in [0.2, 0.25) is 0 Å². The maximum absolute atomic E-state index is 14.3. The van der Waals surface area contributed by atoms with Gasteiger partial charge in [0.25, 0.3) is 5.56 Å². The molecular formula is C17H17FN2O4S. The first-order chi connectivity index (χ1) is 11.7. The van der Waals surface area contributed by atoms with Gasteiger partial charge in [-0.1, -0.05) is 12.1 Å². The highest BCUT2D eigenvalue weighted by atomic mass is 32.2. The molecule has 0 spiro atoms. The van der Waals surface area contributed by atoms with E-state index in [0.29, 0.717) is 30.5 Å². The molecule has 3 rings (SSSR count). The van der Waals surface area contributed by atoms with Crippen molar-refractivity contribution in [2.24, 2.45) is 0 Å². The van der Waals surface area contributed by atoms with Gasteiger partial charge in [-0.15, -0.1) is 0 Å². The number of nitrogens with one attached hydrogen (secondary N) is 2. The van der Waals surface area contributed by atoms with Gasteiger partial charge in [-0.25, -0.2) is 17.6 Å². The summed E-state index contributed by atoms with van der Waals surface area (Å²) in [6.07, 6.45) is 4.68. The number of halogens is 1. The molecule has 132 valence electrons. The second kappa shape index (κ2) is 6.44. The van der Waals surface area contributed by atoms with E-state index in [4.69, 9.17) is 0 Å². The zero-order chi connectivity index (χ0) is 18.2. The molecule has 1 unspecified atom stereocenters. The summed E-state index contributed by atoms with van der Waals surface area (Å²) in [5.41, 5.74) is 0.749. The first-order valence-electron chi connectivity index (χ1n) is 7.76. The standard InChI is InChI=1S/C17H17FN2O4S/c1-25(23,24)12-6-7-13(14(18)8-12)10-2-4-11(5-3-10)15-9-16(21)20-17(22)19-15/h2,6-9,11H,3-5H2,1H3,(H2,19,20,21,22). The summed E-state index contributed by atoms with van der Waals surface area (Å²) in [5.74, 6) is -0.589. The number of aromatic amines is 2. The van der Waals surface area contributed by atoms with Gasteiger partial charge >= 0.3 is 5.69 Å². The van der Waals surface area contributed by atoms with Crippen LogP contribution in [0.5, 0.6) is 0 Å². The molecule has 0 radical (unpaired) electrons. The average Bonchev–Trinajstić information content (AvgIpc) is 2.53. The second-order valence-electron chi connectivity index (χ2n) is 6.16. The Bertz CT molecular complexity index is 1040. The van der Waals surface area contributed by atoms with E-state index >= 15 is 0 Å². The van der Waals surface area contributed by atoms with E-state index in [0.717, 1.165) is 17.9 Å². The van der Waals surface area contributed by atoms with Crippen LogP contribution < -0.4 is 11.2 Å². The van der Waals surface area contributed by atoms with Crippen molar-refractivity contribution in [2.45, 2.75) is 30.1 Å². The highest BCUT2D eigenvalue weighted by molar-refractivity contribution is 7.90. The smallest absolute Gasteiger partial charge is 0.311 e. The quantitative estimate of drug-likeness (QED) is 0.869. The summed E-state index contributed by atoms with van der Waals surface area (Å²) >= 11 is 0. The van der Waals surface area contributed by atoms with E-state index in [1.807, 2.05) is 6.08 Å². The summed E-state index contributed by atoms with van der Waals surface area (Å²) in [4.78, 5) is 27.5. The lowest BCUT2D eigenvalue weighted by Gasteiger charge is -2.22. The fourth-order valence-corrected chi connectivity index (χ4v) is 3.69. The molecule has 25 heavy (non-hydrogen) atoms. The van der Waals surface area contributed by atoms with Crippen molar-refractivity contribution in [1.29, 1.82) is 0 Å². The SMILES string of the molecule is CS(=O)(=O)c1ccc(C2=CCC(c3cc(=O)[nH]c(=O)[nH]3)CC2)c(F)c1. The first-order valence-corrected chi connectivity index (χ1v) is 9.66. The maximum Gasteiger partial charge on any atom is 0.325 e. The molecule has 0 fully saturated rings. The zero-order valence-electron chi connectivity index (χ0n) is 13.5. The van der Waals surface area contributed by atoms with Crippen LogP contribution in [0.2, 0.25) is 0 Å². The summed E-state index contributed by atoms with van der Waals surface area (Å²) in [7, 11) is -3.45. The van der Waals surface area contributed by atoms with Crippen LogP contribution in [0.3, 0.4) is 0 Å². The third-order valence-electron chi connectivity index (χ3n) is 4.35. The largest absolute Gasteiger partial charge is 0.325 e. The van der Waals surface area contributed by atoms with Crippen molar-refractivity contribution in [3.05, 3.63) is 68.3 Å². The van der Waals surface area contributed by atoms with Crippen molar-refractivity contribution >= 4 is 15.4 Å². The lowest BCUT2D eigenvalue weighted by molar-refractivity contribution is 0.588. The van der Waals surface area contributed by atoms with Crippen molar-refractivity contribution in [3.63, 3.8) is 0 Å². The fourth-order valence-electron chi connectivity index (χ4n) is 3.06. The van der Waals surface area contributed by atoms with Crippen LogP contribution in [0.25, 0.3) is 5.57 Å². The summed E-state index contributed by atoms with van der Waals surface area (Å²) in [5, 5.41) is 0. The summed E-state index contributed by atoms with van der Waals surface area (Å²) in [6, 6.07) is 5.28. The Morgan fingerprint density at radius 2 is 1.92 bits per heavy atom. The molecule has 6 nitrogen and oxygen atoms in total. The van der Waals surface area contributed by atoms with Gasteiger partial charge in [0.05, 0.1) is 4.90 Å². The van der Waals surface area contributed by atoms with Crippen molar-refractivity contribution in [2.75, 3.05) is 6.26 Å². The van der Waals surface area contributed by atoms with Gasteiger partial charge in [-0.3, -0.25) is 9.78 Å². The number of sulfone groups is 1. The van der Waals surface area contributed by atoms with E-state index in [2.05, 4.69) is 9.97 Å². The van der Waals surface area contributed by atoms with Gasteiger partial charge in [-0.2, -0.15) is 0 Å². The number of hydrogen-bond donors (Lipinski definition) is 2. The van der Waals surface area contributed by atoms with Gasteiger partial charge in [0.1, 0.15) is 5.82 Å². The molecule has 2 N–H and O–H groups in total. The molecule has 0 saturated carbocycles. The molecule has 1 atom stereocenters. The Morgan fingerprint density at radius 3 is 2.48 bits per heavy atom. The minimum absolute atomic E-state index is 0.0166. The van der Waals surface area contributed by atoms with Gasteiger partial charge in [0, 0.05) is 29.5 Å². The number of aromatic nitrogens is 2. The van der Waals surface area contributed by atoms with Crippen LogP contribution in [0.1, 0.15) is 36.4 Å². The predicted octanol–water partition coefficient (Wildman–Crippen LogP) is 1.96. The number of hydrogen-bond acceptors (Lipinski definition) is 4. The van der Waals surface area contributed by atoms with Crippen LogP contribution >= 0.6 is 0 Å². The first kappa shape index (κ1) is 17.3. The minimum atomic E-state index is -3.45. The third kappa shape index (κ3) is 3.79. The van der Waals surface area contributed by atoms with Gasteiger partial charge < -0.3 is 4.98 Å². The molecule has 1 aromatic carbocycles. The molecule has 1 aliphatic carbocycles. The molecule has 0 amide bonds. The number of H-pyrrole nitrogens is 2. The molecular weight excluding hydrogens is 347 g/mol.